The van der Waals surface area contributed by atoms with Crippen molar-refractivity contribution in [3.05, 3.63) is 33.5 Å². The molecule has 0 aliphatic rings. The topological polar surface area (TPSA) is 67.6 Å². The number of aromatic amines is 1. The number of nitrogens with two attached hydrogens (primary N) is 1. The van der Waals surface area contributed by atoms with Crippen LogP contribution in [0.3, 0.4) is 0 Å². The molecule has 2 heterocycles. The molecule has 2 aromatic rings. The summed E-state index contributed by atoms with van der Waals surface area (Å²) >= 11 is 7.43. The number of aromatic nitrogens is 3. The Morgan fingerprint density at radius 1 is 1.62 bits per heavy atom. The van der Waals surface area contributed by atoms with Crippen LogP contribution in [-0.4, -0.2) is 15.2 Å². The number of halogens is 1. The second-order valence-corrected chi connectivity index (χ2v) is 3.84. The second kappa shape index (κ2) is 3.45. The van der Waals surface area contributed by atoms with E-state index in [9.17, 15) is 0 Å². The molecule has 3 N–H and O–H groups in total. The van der Waals surface area contributed by atoms with Crippen LogP contribution >= 0.6 is 22.9 Å². The Morgan fingerprint density at radius 2 is 2.46 bits per heavy atom. The summed E-state index contributed by atoms with van der Waals surface area (Å²) in [5.74, 6) is 0.629. The van der Waals surface area contributed by atoms with E-state index in [1.54, 1.807) is 0 Å². The van der Waals surface area contributed by atoms with E-state index in [0.717, 1.165) is 4.88 Å². The van der Waals surface area contributed by atoms with Gasteiger partial charge in [-0.15, -0.1) is 11.3 Å². The van der Waals surface area contributed by atoms with Gasteiger partial charge in [-0.25, -0.2) is 4.98 Å². The van der Waals surface area contributed by atoms with Crippen LogP contribution in [0.2, 0.25) is 5.02 Å². The first kappa shape index (κ1) is 8.68. The maximum Gasteiger partial charge on any atom is 0.146 e. The van der Waals surface area contributed by atoms with Gasteiger partial charge < -0.3 is 5.73 Å². The third-order valence-electron chi connectivity index (χ3n) is 1.66. The molecule has 0 aliphatic heterocycles. The van der Waals surface area contributed by atoms with E-state index in [-0.39, 0.29) is 6.04 Å². The molecule has 0 saturated carbocycles. The average Bonchev–Trinajstić information content (AvgIpc) is 2.72. The van der Waals surface area contributed by atoms with Crippen molar-refractivity contribution in [2.75, 3.05) is 0 Å². The lowest BCUT2D eigenvalue weighted by atomic mass is 10.2. The van der Waals surface area contributed by atoms with E-state index in [4.69, 9.17) is 17.3 Å². The molecule has 0 spiro atoms. The van der Waals surface area contributed by atoms with E-state index in [1.807, 2.05) is 11.4 Å². The van der Waals surface area contributed by atoms with Crippen LogP contribution in [0, 0.1) is 0 Å². The Bertz CT molecular complexity index is 383. The number of nitrogens with one attached hydrogen (secondary N) is 1. The Hall–Kier alpha value is -0.910. The zero-order valence-electron chi connectivity index (χ0n) is 6.57. The van der Waals surface area contributed by atoms with Crippen molar-refractivity contribution < 1.29 is 0 Å². The Balaban J connectivity index is 2.33. The van der Waals surface area contributed by atoms with Gasteiger partial charge in [0.1, 0.15) is 18.2 Å². The van der Waals surface area contributed by atoms with Gasteiger partial charge in [-0.05, 0) is 11.4 Å². The predicted molar refractivity (Wildman–Crippen MR) is 51.7 cm³/mol. The fourth-order valence-electron chi connectivity index (χ4n) is 1.02. The molecule has 0 amide bonds. The number of nitrogens with zero attached hydrogens (tertiary/aromatic N) is 2. The second-order valence-electron chi connectivity index (χ2n) is 2.48. The molecule has 13 heavy (non-hydrogen) atoms. The van der Waals surface area contributed by atoms with E-state index >= 15 is 0 Å². The molecule has 0 aliphatic carbocycles. The van der Waals surface area contributed by atoms with Gasteiger partial charge in [-0.1, -0.05) is 11.6 Å². The van der Waals surface area contributed by atoms with Crippen LogP contribution in [0.1, 0.15) is 16.7 Å². The van der Waals surface area contributed by atoms with Gasteiger partial charge in [0, 0.05) is 4.88 Å². The van der Waals surface area contributed by atoms with Gasteiger partial charge in [0.2, 0.25) is 0 Å². The van der Waals surface area contributed by atoms with Crippen molar-refractivity contribution in [1.29, 1.82) is 0 Å². The highest BCUT2D eigenvalue weighted by Crippen LogP contribution is 2.29. The Labute approximate surface area is 83.8 Å². The van der Waals surface area contributed by atoms with Gasteiger partial charge in [-0.3, -0.25) is 5.10 Å². The molecule has 2 aromatic heterocycles. The zero-order chi connectivity index (χ0) is 9.26. The average molecular weight is 215 g/mol. The van der Waals surface area contributed by atoms with Crippen LogP contribution in [-0.2, 0) is 0 Å². The quantitative estimate of drug-likeness (QED) is 0.798. The van der Waals surface area contributed by atoms with Crippen LogP contribution < -0.4 is 5.73 Å². The molecule has 1 atom stereocenters. The first-order chi connectivity index (χ1) is 6.29. The zero-order valence-corrected chi connectivity index (χ0v) is 8.14. The Morgan fingerprint density at radius 3 is 3.00 bits per heavy atom. The van der Waals surface area contributed by atoms with Gasteiger partial charge >= 0.3 is 0 Å². The van der Waals surface area contributed by atoms with Crippen molar-refractivity contribution in [2.45, 2.75) is 6.04 Å². The largest absolute Gasteiger partial charge is 0.317 e. The fourth-order valence-corrected chi connectivity index (χ4v) is 2.19. The third-order valence-corrected chi connectivity index (χ3v) is 3.10. The minimum absolute atomic E-state index is 0.310. The molecule has 0 bridgehead atoms. The van der Waals surface area contributed by atoms with E-state index in [0.29, 0.717) is 10.8 Å². The Kier molecular flexibility index (Phi) is 2.30. The molecular weight excluding hydrogens is 208 g/mol. The normalized spacial score (nSPS) is 13.1. The predicted octanol–water partition coefficient (Wildman–Crippen LogP) is 1.57. The van der Waals surface area contributed by atoms with Crippen molar-refractivity contribution in [3.63, 3.8) is 0 Å². The minimum Gasteiger partial charge on any atom is -0.317 e. The van der Waals surface area contributed by atoms with Crippen LogP contribution in [0.25, 0.3) is 0 Å². The summed E-state index contributed by atoms with van der Waals surface area (Å²) in [5, 5.41) is 9.01. The molecule has 68 valence electrons. The maximum atomic E-state index is 5.92. The highest BCUT2D eigenvalue weighted by Gasteiger charge is 2.15. The molecular formula is C7H7ClN4S. The van der Waals surface area contributed by atoms with Gasteiger partial charge in [0.05, 0.1) is 5.02 Å². The fraction of sp³-hybridized carbons (Fsp3) is 0.143. The maximum absolute atomic E-state index is 5.92. The number of rotatable bonds is 2. The van der Waals surface area contributed by atoms with E-state index in [1.165, 1.54) is 17.7 Å². The van der Waals surface area contributed by atoms with Crippen molar-refractivity contribution in [2.24, 2.45) is 5.73 Å². The summed E-state index contributed by atoms with van der Waals surface area (Å²) < 4.78 is 0. The number of hydrogen-bond acceptors (Lipinski definition) is 4. The van der Waals surface area contributed by atoms with Crippen LogP contribution in [0.5, 0.6) is 0 Å². The summed E-state index contributed by atoms with van der Waals surface area (Å²) in [5.41, 5.74) is 5.90. The first-order valence-electron chi connectivity index (χ1n) is 3.63. The van der Waals surface area contributed by atoms with Gasteiger partial charge in [-0.2, -0.15) is 5.10 Å². The van der Waals surface area contributed by atoms with E-state index in [2.05, 4.69) is 15.2 Å². The summed E-state index contributed by atoms with van der Waals surface area (Å²) in [4.78, 5) is 4.87. The van der Waals surface area contributed by atoms with E-state index < -0.39 is 0 Å². The molecule has 0 radical (unpaired) electrons. The molecule has 1 unspecified atom stereocenters. The summed E-state index contributed by atoms with van der Waals surface area (Å²) in [6.45, 7) is 0. The molecule has 4 nitrogen and oxygen atoms in total. The van der Waals surface area contributed by atoms with Crippen molar-refractivity contribution >= 4 is 22.9 Å². The first-order valence-corrected chi connectivity index (χ1v) is 4.88. The smallest absolute Gasteiger partial charge is 0.146 e. The molecule has 6 heteroatoms. The summed E-state index contributed by atoms with van der Waals surface area (Å²) in [7, 11) is 0. The summed E-state index contributed by atoms with van der Waals surface area (Å²) in [6, 6.07) is 1.51. The number of H-pyrrole nitrogens is 1. The van der Waals surface area contributed by atoms with Crippen molar-refractivity contribution in [3.8, 4) is 0 Å². The molecule has 0 saturated heterocycles. The highest BCUT2D eigenvalue weighted by atomic mass is 35.5. The summed E-state index contributed by atoms with van der Waals surface area (Å²) in [6.07, 6.45) is 1.43. The van der Waals surface area contributed by atoms with Gasteiger partial charge in [0.15, 0.2) is 0 Å². The molecule has 0 aromatic carbocycles. The highest BCUT2D eigenvalue weighted by molar-refractivity contribution is 7.10. The number of hydrogen-bond donors (Lipinski definition) is 2. The van der Waals surface area contributed by atoms with Gasteiger partial charge in [0.25, 0.3) is 0 Å². The van der Waals surface area contributed by atoms with Crippen LogP contribution in [0.4, 0.5) is 0 Å². The van der Waals surface area contributed by atoms with Crippen LogP contribution in [0.15, 0.2) is 17.8 Å². The monoisotopic (exact) mass is 214 g/mol. The minimum atomic E-state index is -0.310. The SMILES string of the molecule is NC(c1ncn[nH]1)c1sccc1Cl. The van der Waals surface area contributed by atoms with Crippen molar-refractivity contribution in [1.82, 2.24) is 15.2 Å². The third kappa shape index (κ3) is 1.58. The molecule has 0 fully saturated rings. The lowest BCUT2D eigenvalue weighted by Gasteiger charge is -2.05. The standard InChI is InChI=1S/C7H7ClN4S/c8-4-1-2-13-6(4)5(9)7-10-3-11-12-7/h1-3,5H,9H2,(H,10,11,12). The lowest BCUT2D eigenvalue weighted by Crippen LogP contribution is -2.12. The lowest BCUT2D eigenvalue weighted by molar-refractivity contribution is 0.802. The molecule has 2 rings (SSSR count). The number of thiophene rings is 1.